The van der Waals surface area contributed by atoms with Crippen molar-refractivity contribution in [2.24, 2.45) is 13.0 Å². The number of tetrazole rings is 1. The first-order valence-corrected chi connectivity index (χ1v) is 22.7. The molecule has 6 rings (SSSR count). The van der Waals surface area contributed by atoms with E-state index in [1.165, 1.54) is 42.0 Å². The number of nitrogens with one attached hydrogen (secondary N) is 4. The fraction of sp³-hybridized carbons (Fsp3) is 0.422. The molecule has 1 fully saturated rings. The molecule has 19 nitrogen and oxygen atoms in total. The quantitative estimate of drug-likeness (QED) is 0.0297. The average Bonchev–Trinajstić information content (AvgIpc) is 3.85. The Morgan fingerprint density at radius 3 is 2.29 bits per heavy atom. The maximum absolute atomic E-state index is 16.3. The van der Waals surface area contributed by atoms with Crippen molar-refractivity contribution in [2.45, 2.75) is 113 Å². The smallest absolute Gasteiger partial charge is 0.340 e. The van der Waals surface area contributed by atoms with Crippen LogP contribution in [0, 0.1) is 21.8 Å². The van der Waals surface area contributed by atoms with Gasteiger partial charge < -0.3 is 16.0 Å². The van der Waals surface area contributed by atoms with Crippen LogP contribution in [0.5, 0.6) is 0 Å². The molecule has 0 radical (unpaired) electrons. The third-order valence-corrected chi connectivity index (χ3v) is 12.5. The molecule has 2 aromatic carbocycles. The van der Waals surface area contributed by atoms with E-state index in [1.807, 2.05) is 6.20 Å². The van der Waals surface area contributed by atoms with Crippen LogP contribution in [-0.4, -0.2) is 84.1 Å². The minimum absolute atomic E-state index is 0.0794. The molecule has 4 aromatic rings. The van der Waals surface area contributed by atoms with Crippen LogP contribution in [0.1, 0.15) is 106 Å². The average molecular weight is 927 g/mol. The van der Waals surface area contributed by atoms with Crippen LogP contribution in [0.3, 0.4) is 0 Å². The van der Waals surface area contributed by atoms with Gasteiger partial charge in [-0.1, -0.05) is 51.7 Å². The number of unbranched alkanes of at least 4 members (excludes halogenated alkanes) is 2. The van der Waals surface area contributed by atoms with Crippen LogP contribution in [0.4, 0.5) is 21.6 Å². The number of carbonyl (C=O) groups is 6. The molecule has 0 spiro atoms. The van der Waals surface area contributed by atoms with Crippen molar-refractivity contribution < 1.29 is 42.6 Å². The van der Waals surface area contributed by atoms with Crippen LogP contribution >= 0.6 is 11.8 Å². The monoisotopic (exact) mass is 926 g/mol. The van der Waals surface area contributed by atoms with E-state index in [4.69, 9.17) is 0 Å². The lowest BCUT2D eigenvalue weighted by Crippen LogP contribution is -2.53. The number of halogens is 1. The summed E-state index contributed by atoms with van der Waals surface area (Å²) in [5, 5.41) is 34.3. The van der Waals surface area contributed by atoms with Crippen molar-refractivity contribution in [1.29, 1.82) is 0 Å². The fourth-order valence-electron chi connectivity index (χ4n) is 7.70. The van der Waals surface area contributed by atoms with Crippen LogP contribution < -0.4 is 25.8 Å². The summed E-state index contributed by atoms with van der Waals surface area (Å²) in [5.41, 5.74) is 1.49. The Morgan fingerprint density at radius 2 is 1.64 bits per heavy atom. The molecule has 0 saturated heterocycles. The zero-order valence-corrected chi connectivity index (χ0v) is 37.9. The third-order valence-electron chi connectivity index (χ3n) is 11.4. The zero-order chi connectivity index (χ0) is 47.5. The second kappa shape index (κ2) is 22.3. The highest BCUT2D eigenvalue weighted by Gasteiger charge is 2.30. The van der Waals surface area contributed by atoms with E-state index in [2.05, 4.69) is 36.8 Å². The Labute approximate surface area is 384 Å². The molecule has 4 N–H and O–H groups in total. The van der Waals surface area contributed by atoms with Crippen LogP contribution in [0.25, 0.3) is 0 Å². The van der Waals surface area contributed by atoms with Gasteiger partial charge in [0.25, 0.3) is 17.5 Å². The fourth-order valence-corrected chi connectivity index (χ4v) is 8.54. The van der Waals surface area contributed by atoms with Gasteiger partial charge in [0.2, 0.25) is 28.7 Å². The van der Waals surface area contributed by atoms with Gasteiger partial charge in [0.05, 0.1) is 16.7 Å². The van der Waals surface area contributed by atoms with Crippen LogP contribution in [0.2, 0.25) is 0 Å². The molecule has 3 heterocycles. The Balaban J connectivity index is 1.09. The molecule has 66 heavy (non-hydrogen) atoms. The Bertz CT molecular complexity index is 2490. The molecule has 1 aliphatic heterocycles. The van der Waals surface area contributed by atoms with Crippen molar-refractivity contribution in [1.82, 2.24) is 35.7 Å². The number of non-ortho nitro benzene ring substituents is 1. The number of pyridine rings is 1. The lowest BCUT2D eigenvalue weighted by atomic mass is 9.85. The molecular formula is C45H53FN11O8S+. The molecule has 6 amide bonds. The Hall–Kier alpha value is -6.90. The summed E-state index contributed by atoms with van der Waals surface area (Å²) in [7, 11) is 1.61. The minimum Gasteiger partial charge on any atom is -0.344 e. The molecule has 348 valence electrons. The topological polar surface area (TPSA) is 244 Å². The number of nitro groups is 1. The maximum Gasteiger partial charge on any atom is 0.340 e. The van der Waals surface area contributed by atoms with E-state index in [9.17, 15) is 38.9 Å². The van der Waals surface area contributed by atoms with Gasteiger partial charge in [0.1, 0.15) is 18.6 Å². The number of benzene rings is 2. The molecular weight excluding hydrogens is 874 g/mol. The summed E-state index contributed by atoms with van der Waals surface area (Å²) >= 11 is 1.02. The molecule has 2 aromatic heterocycles. The number of aryl methyl sites for hydroxylation is 1. The van der Waals surface area contributed by atoms with Crippen molar-refractivity contribution in [3.05, 3.63) is 99.5 Å². The van der Waals surface area contributed by atoms with Gasteiger partial charge in [-0.3, -0.25) is 39.0 Å². The molecule has 1 aliphatic carbocycles. The predicted molar refractivity (Wildman–Crippen MR) is 239 cm³/mol. The van der Waals surface area contributed by atoms with Gasteiger partial charge >= 0.3 is 11.7 Å². The minimum atomic E-state index is -0.977. The highest BCUT2D eigenvalue weighted by Crippen LogP contribution is 2.34. The van der Waals surface area contributed by atoms with Crippen molar-refractivity contribution >= 4 is 64.4 Å². The van der Waals surface area contributed by atoms with Crippen molar-refractivity contribution in [3.63, 3.8) is 0 Å². The third kappa shape index (κ3) is 12.7. The second-order valence-electron chi connectivity index (χ2n) is 16.7. The van der Waals surface area contributed by atoms with Gasteiger partial charge in [0, 0.05) is 54.9 Å². The summed E-state index contributed by atoms with van der Waals surface area (Å²) in [6, 6.07) is 10.1. The van der Waals surface area contributed by atoms with Gasteiger partial charge in [0.15, 0.2) is 0 Å². The lowest BCUT2D eigenvalue weighted by Gasteiger charge is -2.24. The largest absolute Gasteiger partial charge is 0.344 e. The normalized spacial score (nSPS) is 14.8. The highest BCUT2D eigenvalue weighted by molar-refractivity contribution is 7.99. The highest BCUT2D eigenvalue weighted by atomic mass is 32.2. The first-order chi connectivity index (χ1) is 31.6. The number of amides is 6. The van der Waals surface area contributed by atoms with Crippen LogP contribution in [0.15, 0.2) is 76.9 Å². The standard InChI is InChI=1S/C45H52FN11O8S/c1-27(2)40(49-37(58)13-9-6-10-22-56-38(59)20-21-39(56)60)44(63)47-28(3)42(61)48-32-16-14-29(15-17-32)25-55-26-31(30-11-7-5-8-12-30)23-35(46)41(55)50-43(62)34-24-33(57(64)65)18-19-36(34)66-45-51-52-53-54(45)4/h14-21,23-24,26-28,30,40H,5-13,22,25H2,1-4H3,(H3,47,48,49,58,61,63)/p+1/t28-,40-/m0/s1. The SMILES string of the molecule is CC(C)[C@H](NC(=O)CCCCCN1C(=O)C=CC1=O)C(=O)N[C@@H](C)C(=O)Nc1ccc(C[n+]2cc(C3CCCCC3)cc(F)c2NC(=O)c2cc([N+](=O)[O-])ccc2Sc2nnnn2C)cc1. The zero-order valence-electron chi connectivity index (χ0n) is 37.1. The molecule has 0 bridgehead atoms. The van der Waals surface area contributed by atoms with E-state index >= 15 is 4.39 Å². The summed E-state index contributed by atoms with van der Waals surface area (Å²) in [4.78, 5) is 89.3. The van der Waals surface area contributed by atoms with Crippen LogP contribution in [-0.2, 0) is 37.6 Å². The molecule has 0 unspecified atom stereocenters. The van der Waals surface area contributed by atoms with Crippen molar-refractivity contribution in [3.8, 4) is 0 Å². The first-order valence-electron chi connectivity index (χ1n) is 21.8. The van der Waals surface area contributed by atoms with Gasteiger partial charge in [-0.15, -0.1) is 5.10 Å². The Kier molecular flexibility index (Phi) is 16.4. The number of carbonyl (C=O) groups excluding carboxylic acids is 6. The summed E-state index contributed by atoms with van der Waals surface area (Å²) in [5.74, 6) is -3.85. The van der Waals surface area contributed by atoms with E-state index in [1.54, 1.807) is 49.7 Å². The molecule has 1 saturated carbocycles. The number of hydrogen-bond donors (Lipinski definition) is 4. The number of imide groups is 1. The van der Waals surface area contributed by atoms with Gasteiger partial charge in [-0.2, -0.15) is 4.39 Å². The molecule has 21 heteroatoms. The predicted octanol–water partition coefficient (Wildman–Crippen LogP) is 5.11. The number of anilines is 2. The number of nitro benzene ring substituents is 1. The van der Waals surface area contributed by atoms with E-state index in [-0.39, 0.29) is 66.1 Å². The van der Waals surface area contributed by atoms with Gasteiger partial charge in [-0.25, -0.2) is 19.4 Å². The lowest BCUT2D eigenvalue weighted by molar-refractivity contribution is -0.675. The maximum atomic E-state index is 16.3. The molecule has 2 atom stereocenters. The molecule has 2 aliphatic rings. The number of rotatable bonds is 20. The van der Waals surface area contributed by atoms with Gasteiger partial charge in [-0.05, 0) is 102 Å². The summed E-state index contributed by atoms with van der Waals surface area (Å²) in [6.07, 6.45) is 11.0. The van der Waals surface area contributed by atoms with E-state index in [0.717, 1.165) is 60.4 Å². The Morgan fingerprint density at radius 1 is 0.924 bits per heavy atom. The number of hydrogen-bond acceptors (Lipinski definition) is 12. The van der Waals surface area contributed by atoms with Crippen molar-refractivity contribution in [2.75, 3.05) is 17.2 Å². The summed E-state index contributed by atoms with van der Waals surface area (Å²) < 4.78 is 19.3. The van der Waals surface area contributed by atoms with E-state index in [0.29, 0.717) is 40.6 Å². The first kappa shape index (κ1) is 48.6. The second-order valence-corrected chi connectivity index (χ2v) is 17.7. The number of nitrogens with zero attached hydrogens (tertiary/aromatic N) is 7. The number of aromatic nitrogens is 5. The summed E-state index contributed by atoms with van der Waals surface area (Å²) in [6.45, 7) is 5.45. The van der Waals surface area contributed by atoms with E-state index < -0.39 is 40.5 Å².